The van der Waals surface area contributed by atoms with Crippen LogP contribution in [0, 0.1) is 12.8 Å². The molecule has 1 aromatic carbocycles. The maximum absolute atomic E-state index is 11.7. The highest BCUT2D eigenvalue weighted by Crippen LogP contribution is 2.45. The number of esters is 1. The molecule has 0 bridgehead atoms. The Morgan fingerprint density at radius 2 is 2.00 bits per heavy atom. The Labute approximate surface area is 95.6 Å². The number of hydrogen-bond acceptors (Lipinski definition) is 2. The number of ether oxygens (including phenoxy) is 1. The van der Waals surface area contributed by atoms with Crippen molar-refractivity contribution in [3.8, 4) is 5.75 Å². The van der Waals surface area contributed by atoms with Crippen LogP contribution < -0.4 is 4.74 Å². The van der Waals surface area contributed by atoms with E-state index in [1.54, 1.807) is 0 Å². The summed E-state index contributed by atoms with van der Waals surface area (Å²) in [5, 5.41) is 0. The van der Waals surface area contributed by atoms with Gasteiger partial charge in [-0.2, -0.15) is 0 Å². The second-order valence-electron chi connectivity index (χ2n) is 5.01. The lowest BCUT2D eigenvalue weighted by atomic mass is 10.1. The van der Waals surface area contributed by atoms with Gasteiger partial charge in [-0.05, 0) is 55.7 Å². The first-order chi connectivity index (χ1) is 7.74. The molecule has 0 atom stereocenters. The minimum absolute atomic E-state index is 0.0347. The van der Waals surface area contributed by atoms with Crippen LogP contribution in [0.1, 0.15) is 42.7 Å². The van der Waals surface area contributed by atoms with Crippen molar-refractivity contribution >= 4 is 5.97 Å². The highest BCUT2D eigenvalue weighted by Gasteiger charge is 2.33. The van der Waals surface area contributed by atoms with Gasteiger partial charge >= 0.3 is 5.97 Å². The third-order valence-corrected chi connectivity index (χ3v) is 3.31. The van der Waals surface area contributed by atoms with E-state index in [0.29, 0.717) is 5.92 Å². The average Bonchev–Trinajstić information content (AvgIpc) is 3.12. The molecule has 84 valence electrons. The van der Waals surface area contributed by atoms with Crippen LogP contribution in [0.15, 0.2) is 18.2 Å². The second-order valence-corrected chi connectivity index (χ2v) is 5.01. The number of aryl methyl sites for hydroxylation is 1. The first-order valence-electron chi connectivity index (χ1n) is 6.06. The first-order valence-corrected chi connectivity index (χ1v) is 6.06. The summed E-state index contributed by atoms with van der Waals surface area (Å²) in [6, 6.07) is 6.21. The number of hydrogen-bond donors (Lipinski definition) is 0. The lowest BCUT2D eigenvalue weighted by Gasteiger charge is -2.10. The van der Waals surface area contributed by atoms with Crippen LogP contribution in [0.2, 0.25) is 0 Å². The van der Waals surface area contributed by atoms with Gasteiger partial charge in [0.05, 0.1) is 5.92 Å². The summed E-state index contributed by atoms with van der Waals surface area (Å²) in [5.74, 6) is 1.57. The van der Waals surface area contributed by atoms with Crippen molar-refractivity contribution in [1.29, 1.82) is 0 Å². The Morgan fingerprint density at radius 3 is 2.62 bits per heavy atom. The molecule has 0 aliphatic heterocycles. The van der Waals surface area contributed by atoms with Crippen molar-refractivity contribution in [3.05, 3.63) is 29.3 Å². The highest BCUT2D eigenvalue weighted by molar-refractivity contribution is 5.77. The van der Waals surface area contributed by atoms with Crippen LogP contribution in [0.25, 0.3) is 0 Å². The van der Waals surface area contributed by atoms with Crippen molar-refractivity contribution in [2.75, 3.05) is 0 Å². The van der Waals surface area contributed by atoms with Gasteiger partial charge in [-0.25, -0.2) is 0 Å². The Kier molecular flexibility index (Phi) is 2.23. The number of carbonyl (C=O) groups excluding carboxylic acids is 1. The van der Waals surface area contributed by atoms with E-state index in [1.165, 1.54) is 18.4 Å². The Balaban J connectivity index is 1.84. The van der Waals surface area contributed by atoms with Gasteiger partial charge < -0.3 is 4.74 Å². The maximum Gasteiger partial charge on any atom is 0.314 e. The molecular formula is C14H16O2. The normalized spacial score (nSPS) is 19.6. The van der Waals surface area contributed by atoms with E-state index in [9.17, 15) is 4.79 Å². The van der Waals surface area contributed by atoms with Gasteiger partial charge in [-0.15, -0.1) is 0 Å². The van der Waals surface area contributed by atoms with E-state index in [-0.39, 0.29) is 11.9 Å². The van der Waals surface area contributed by atoms with E-state index in [0.717, 1.165) is 24.2 Å². The summed E-state index contributed by atoms with van der Waals surface area (Å²) in [5.41, 5.74) is 2.38. The van der Waals surface area contributed by atoms with Gasteiger partial charge in [0.15, 0.2) is 0 Å². The van der Waals surface area contributed by atoms with Crippen molar-refractivity contribution in [3.63, 3.8) is 0 Å². The number of rotatable bonds is 3. The van der Waals surface area contributed by atoms with Crippen molar-refractivity contribution in [2.24, 2.45) is 5.92 Å². The van der Waals surface area contributed by atoms with Gasteiger partial charge in [0.25, 0.3) is 0 Å². The summed E-state index contributed by atoms with van der Waals surface area (Å²) in [6.45, 7) is 2.03. The maximum atomic E-state index is 11.7. The molecule has 0 amide bonds. The Hall–Kier alpha value is -1.31. The lowest BCUT2D eigenvalue weighted by Crippen LogP contribution is -2.11. The quantitative estimate of drug-likeness (QED) is 0.573. The van der Waals surface area contributed by atoms with Crippen molar-refractivity contribution in [2.45, 2.75) is 38.5 Å². The van der Waals surface area contributed by atoms with Gasteiger partial charge in [0, 0.05) is 0 Å². The van der Waals surface area contributed by atoms with Crippen LogP contribution in [0.5, 0.6) is 5.75 Å². The Morgan fingerprint density at radius 1 is 1.25 bits per heavy atom. The van der Waals surface area contributed by atoms with Gasteiger partial charge in [-0.3, -0.25) is 4.79 Å². The molecule has 3 rings (SSSR count). The summed E-state index contributed by atoms with van der Waals surface area (Å²) in [4.78, 5) is 11.7. The zero-order valence-corrected chi connectivity index (χ0v) is 9.53. The number of carbonyl (C=O) groups is 1. The van der Waals surface area contributed by atoms with Gasteiger partial charge in [-0.1, -0.05) is 12.1 Å². The van der Waals surface area contributed by atoms with Crippen LogP contribution in [0.4, 0.5) is 0 Å². The molecule has 0 spiro atoms. The molecule has 2 heteroatoms. The molecule has 2 fully saturated rings. The molecule has 0 N–H and O–H groups in total. The van der Waals surface area contributed by atoms with Crippen LogP contribution >= 0.6 is 0 Å². The molecule has 0 unspecified atom stereocenters. The van der Waals surface area contributed by atoms with E-state index in [4.69, 9.17) is 4.74 Å². The molecule has 1 aromatic rings. The summed E-state index contributed by atoms with van der Waals surface area (Å²) in [6.07, 6.45) is 4.47. The molecule has 0 aromatic heterocycles. The largest absolute Gasteiger partial charge is 0.426 e. The molecular weight excluding hydrogens is 200 g/mol. The average molecular weight is 216 g/mol. The summed E-state index contributed by atoms with van der Waals surface area (Å²) >= 11 is 0. The predicted molar refractivity (Wildman–Crippen MR) is 61.5 cm³/mol. The van der Waals surface area contributed by atoms with Gasteiger partial charge in [0.2, 0.25) is 0 Å². The molecule has 2 nitrogen and oxygen atoms in total. The molecule has 0 radical (unpaired) electrons. The third kappa shape index (κ3) is 1.97. The first kappa shape index (κ1) is 9.88. The molecule has 0 heterocycles. The predicted octanol–water partition coefficient (Wildman–Crippen LogP) is 3.19. The summed E-state index contributed by atoms with van der Waals surface area (Å²) in [7, 11) is 0. The molecule has 0 saturated heterocycles. The topological polar surface area (TPSA) is 26.3 Å². The van der Waals surface area contributed by atoms with Crippen LogP contribution in [-0.4, -0.2) is 5.97 Å². The van der Waals surface area contributed by atoms with E-state index in [2.05, 4.69) is 12.1 Å². The standard InChI is InChI=1S/C14H16O2/c1-9-2-7-12(10-3-4-10)13(8-9)16-14(15)11-5-6-11/h2,7-8,10-11H,3-6H2,1H3. The molecule has 16 heavy (non-hydrogen) atoms. The van der Waals surface area contributed by atoms with E-state index >= 15 is 0 Å². The minimum Gasteiger partial charge on any atom is -0.426 e. The van der Waals surface area contributed by atoms with Gasteiger partial charge in [0.1, 0.15) is 5.75 Å². The number of benzene rings is 1. The lowest BCUT2D eigenvalue weighted by molar-refractivity contribution is -0.135. The summed E-state index contributed by atoms with van der Waals surface area (Å²) < 4.78 is 5.51. The molecule has 2 aliphatic rings. The smallest absolute Gasteiger partial charge is 0.314 e. The van der Waals surface area contributed by atoms with E-state index < -0.39 is 0 Å². The fraction of sp³-hybridized carbons (Fsp3) is 0.500. The minimum atomic E-state index is -0.0347. The third-order valence-electron chi connectivity index (χ3n) is 3.31. The SMILES string of the molecule is Cc1ccc(C2CC2)c(OC(=O)C2CC2)c1. The fourth-order valence-electron chi connectivity index (χ4n) is 1.97. The second kappa shape index (κ2) is 3.62. The zero-order chi connectivity index (χ0) is 11.1. The Bertz CT molecular complexity index is 428. The zero-order valence-electron chi connectivity index (χ0n) is 9.53. The van der Waals surface area contributed by atoms with Crippen LogP contribution in [-0.2, 0) is 4.79 Å². The van der Waals surface area contributed by atoms with Crippen molar-refractivity contribution < 1.29 is 9.53 Å². The van der Waals surface area contributed by atoms with Crippen LogP contribution in [0.3, 0.4) is 0 Å². The van der Waals surface area contributed by atoms with Crippen molar-refractivity contribution in [1.82, 2.24) is 0 Å². The molecule has 2 aliphatic carbocycles. The molecule has 2 saturated carbocycles. The highest BCUT2D eigenvalue weighted by atomic mass is 16.5. The van der Waals surface area contributed by atoms with E-state index in [1.807, 2.05) is 13.0 Å². The monoisotopic (exact) mass is 216 g/mol. The fourth-order valence-corrected chi connectivity index (χ4v) is 1.97.